The van der Waals surface area contributed by atoms with E-state index < -0.39 is 0 Å². The standard InChI is InChI=1S/C22H24N4O2S/c1-15-13-19(16(2)26(15)20-5-3-4-9-23-20)22(28)25-10-6-18(7-11-25)24-21(27)17-8-12-29-14-17/h3-5,8-9,12-14,18H,6-7,10-11H2,1-2H3,(H,24,27). The average Bonchev–Trinajstić information content (AvgIpc) is 3.37. The maximum absolute atomic E-state index is 13.1. The topological polar surface area (TPSA) is 67.2 Å². The van der Waals surface area contributed by atoms with Crippen LogP contribution in [0.4, 0.5) is 0 Å². The van der Waals surface area contributed by atoms with Gasteiger partial charge in [-0.2, -0.15) is 11.3 Å². The first-order valence-electron chi connectivity index (χ1n) is 9.77. The van der Waals surface area contributed by atoms with Crippen LogP contribution in [0.25, 0.3) is 5.82 Å². The number of hydrogen-bond acceptors (Lipinski definition) is 4. The Kier molecular flexibility index (Phi) is 5.49. The maximum Gasteiger partial charge on any atom is 0.255 e. The summed E-state index contributed by atoms with van der Waals surface area (Å²) in [6.07, 6.45) is 3.28. The van der Waals surface area contributed by atoms with Crippen LogP contribution in [-0.4, -0.2) is 45.4 Å². The minimum atomic E-state index is -0.0325. The van der Waals surface area contributed by atoms with Crippen molar-refractivity contribution in [3.63, 3.8) is 0 Å². The van der Waals surface area contributed by atoms with Crippen LogP contribution in [-0.2, 0) is 0 Å². The lowest BCUT2D eigenvalue weighted by Crippen LogP contribution is -2.46. The number of rotatable bonds is 4. The SMILES string of the molecule is Cc1cc(C(=O)N2CCC(NC(=O)c3ccsc3)CC2)c(C)n1-c1ccccn1. The van der Waals surface area contributed by atoms with Gasteiger partial charge in [-0.15, -0.1) is 0 Å². The number of pyridine rings is 1. The number of carbonyl (C=O) groups is 2. The Labute approximate surface area is 174 Å². The quantitative estimate of drug-likeness (QED) is 0.717. The Morgan fingerprint density at radius 2 is 1.97 bits per heavy atom. The van der Waals surface area contributed by atoms with Crippen LogP contribution in [0, 0.1) is 13.8 Å². The molecule has 150 valence electrons. The van der Waals surface area contributed by atoms with Crippen molar-refractivity contribution in [3.8, 4) is 5.82 Å². The number of piperidine rings is 1. The molecule has 7 heteroatoms. The van der Waals surface area contributed by atoms with Crippen LogP contribution < -0.4 is 5.32 Å². The molecule has 6 nitrogen and oxygen atoms in total. The first-order valence-corrected chi connectivity index (χ1v) is 10.7. The molecule has 29 heavy (non-hydrogen) atoms. The monoisotopic (exact) mass is 408 g/mol. The van der Waals surface area contributed by atoms with Crippen molar-refractivity contribution in [1.29, 1.82) is 0 Å². The molecule has 1 aliphatic heterocycles. The van der Waals surface area contributed by atoms with E-state index >= 15 is 0 Å². The lowest BCUT2D eigenvalue weighted by atomic mass is 10.0. The third kappa shape index (κ3) is 3.96. The van der Waals surface area contributed by atoms with E-state index in [0.717, 1.165) is 30.0 Å². The molecule has 0 saturated carbocycles. The highest BCUT2D eigenvalue weighted by Gasteiger charge is 2.27. The zero-order chi connectivity index (χ0) is 20.4. The Hall–Kier alpha value is -2.93. The molecule has 1 N–H and O–H groups in total. The molecule has 4 heterocycles. The van der Waals surface area contributed by atoms with Crippen LogP contribution >= 0.6 is 11.3 Å². The molecular formula is C22H24N4O2S. The van der Waals surface area contributed by atoms with E-state index in [1.807, 2.05) is 64.4 Å². The highest BCUT2D eigenvalue weighted by molar-refractivity contribution is 7.08. The average molecular weight is 409 g/mol. The van der Waals surface area contributed by atoms with Crippen molar-refractivity contribution in [2.75, 3.05) is 13.1 Å². The summed E-state index contributed by atoms with van der Waals surface area (Å²) in [5.41, 5.74) is 3.31. The van der Waals surface area contributed by atoms with Gasteiger partial charge in [-0.25, -0.2) is 4.98 Å². The second-order valence-corrected chi connectivity index (χ2v) is 8.14. The zero-order valence-electron chi connectivity index (χ0n) is 16.6. The van der Waals surface area contributed by atoms with Crippen molar-refractivity contribution in [1.82, 2.24) is 19.8 Å². The summed E-state index contributed by atoms with van der Waals surface area (Å²) >= 11 is 1.51. The molecule has 0 spiro atoms. The number of aryl methyl sites for hydroxylation is 1. The number of thiophene rings is 1. The lowest BCUT2D eigenvalue weighted by molar-refractivity contribution is 0.0697. The predicted molar refractivity (Wildman–Crippen MR) is 114 cm³/mol. The summed E-state index contributed by atoms with van der Waals surface area (Å²) in [5.74, 6) is 0.828. The minimum absolute atomic E-state index is 0.0325. The first kappa shape index (κ1) is 19.4. The Bertz CT molecular complexity index is 1000. The molecule has 0 aromatic carbocycles. The van der Waals surface area contributed by atoms with Gasteiger partial charge in [-0.05, 0) is 56.3 Å². The van der Waals surface area contributed by atoms with Gasteiger partial charge in [0.1, 0.15) is 5.82 Å². The second kappa shape index (κ2) is 8.21. The number of likely N-dealkylation sites (tertiary alicyclic amines) is 1. The molecule has 0 bridgehead atoms. The number of amides is 2. The summed E-state index contributed by atoms with van der Waals surface area (Å²) in [5, 5.41) is 6.84. The normalized spacial score (nSPS) is 14.8. The van der Waals surface area contributed by atoms with E-state index in [2.05, 4.69) is 10.3 Å². The molecule has 1 aliphatic rings. The van der Waals surface area contributed by atoms with E-state index in [1.165, 1.54) is 11.3 Å². The van der Waals surface area contributed by atoms with Gasteiger partial charge < -0.3 is 14.8 Å². The van der Waals surface area contributed by atoms with Gasteiger partial charge in [-0.3, -0.25) is 9.59 Å². The van der Waals surface area contributed by atoms with Gasteiger partial charge in [0.05, 0.1) is 5.56 Å². The zero-order valence-corrected chi connectivity index (χ0v) is 17.4. The summed E-state index contributed by atoms with van der Waals surface area (Å²) < 4.78 is 2.01. The summed E-state index contributed by atoms with van der Waals surface area (Å²) in [7, 11) is 0. The Balaban J connectivity index is 1.42. The van der Waals surface area contributed by atoms with Crippen LogP contribution in [0.2, 0.25) is 0 Å². The largest absolute Gasteiger partial charge is 0.349 e. The molecule has 2 amide bonds. The Morgan fingerprint density at radius 1 is 1.17 bits per heavy atom. The molecule has 0 atom stereocenters. The van der Waals surface area contributed by atoms with Crippen LogP contribution in [0.3, 0.4) is 0 Å². The van der Waals surface area contributed by atoms with Crippen LogP contribution in [0.1, 0.15) is 44.9 Å². The second-order valence-electron chi connectivity index (χ2n) is 7.36. The highest BCUT2D eigenvalue weighted by atomic mass is 32.1. The third-order valence-corrected chi connectivity index (χ3v) is 6.12. The molecule has 1 saturated heterocycles. The number of nitrogens with zero attached hydrogens (tertiary/aromatic N) is 3. The van der Waals surface area contributed by atoms with E-state index in [-0.39, 0.29) is 17.9 Å². The molecule has 0 aliphatic carbocycles. The molecule has 1 fully saturated rings. The number of aromatic nitrogens is 2. The number of nitrogens with one attached hydrogen (secondary N) is 1. The van der Waals surface area contributed by atoms with E-state index in [0.29, 0.717) is 24.2 Å². The van der Waals surface area contributed by atoms with Crippen molar-refractivity contribution < 1.29 is 9.59 Å². The van der Waals surface area contributed by atoms with Gasteiger partial charge in [0.15, 0.2) is 0 Å². The summed E-state index contributed by atoms with van der Waals surface area (Å²) in [6, 6.07) is 9.64. The van der Waals surface area contributed by atoms with Crippen molar-refractivity contribution >= 4 is 23.2 Å². The maximum atomic E-state index is 13.1. The number of carbonyl (C=O) groups excluding carboxylic acids is 2. The molecule has 3 aromatic rings. The van der Waals surface area contributed by atoms with Crippen molar-refractivity contribution in [2.24, 2.45) is 0 Å². The first-order chi connectivity index (χ1) is 14.0. The van der Waals surface area contributed by atoms with E-state index in [4.69, 9.17) is 0 Å². The lowest BCUT2D eigenvalue weighted by Gasteiger charge is -2.32. The van der Waals surface area contributed by atoms with Crippen molar-refractivity contribution in [2.45, 2.75) is 32.7 Å². The minimum Gasteiger partial charge on any atom is -0.349 e. The van der Waals surface area contributed by atoms with Crippen LogP contribution in [0.5, 0.6) is 0 Å². The van der Waals surface area contributed by atoms with E-state index in [1.54, 1.807) is 6.20 Å². The molecular weight excluding hydrogens is 384 g/mol. The van der Waals surface area contributed by atoms with Gasteiger partial charge in [0.2, 0.25) is 0 Å². The molecule has 0 radical (unpaired) electrons. The fourth-order valence-electron chi connectivity index (χ4n) is 3.88. The Morgan fingerprint density at radius 3 is 2.62 bits per heavy atom. The van der Waals surface area contributed by atoms with Crippen molar-refractivity contribution in [3.05, 3.63) is 69.8 Å². The summed E-state index contributed by atoms with van der Waals surface area (Å²) in [6.45, 7) is 5.23. The highest BCUT2D eigenvalue weighted by Crippen LogP contribution is 2.22. The third-order valence-electron chi connectivity index (χ3n) is 5.44. The van der Waals surface area contributed by atoms with E-state index in [9.17, 15) is 9.59 Å². The summed E-state index contributed by atoms with van der Waals surface area (Å²) in [4.78, 5) is 31.7. The fourth-order valence-corrected chi connectivity index (χ4v) is 4.51. The van der Waals surface area contributed by atoms with Gasteiger partial charge >= 0.3 is 0 Å². The molecule has 3 aromatic heterocycles. The van der Waals surface area contributed by atoms with Crippen LogP contribution in [0.15, 0.2) is 47.3 Å². The van der Waals surface area contributed by atoms with Gasteiger partial charge in [-0.1, -0.05) is 6.07 Å². The smallest absolute Gasteiger partial charge is 0.255 e. The van der Waals surface area contributed by atoms with Gasteiger partial charge in [0.25, 0.3) is 11.8 Å². The molecule has 0 unspecified atom stereocenters. The number of hydrogen-bond donors (Lipinski definition) is 1. The fraction of sp³-hybridized carbons (Fsp3) is 0.318. The molecule has 4 rings (SSSR count). The van der Waals surface area contributed by atoms with Gasteiger partial charge in [0, 0.05) is 47.7 Å². The predicted octanol–water partition coefficient (Wildman–Crippen LogP) is 3.59.